The third-order valence-electron chi connectivity index (χ3n) is 6.80. The second-order valence-corrected chi connectivity index (χ2v) is 10.6. The maximum atomic E-state index is 12.8. The highest BCUT2D eigenvalue weighted by atomic mass is 16.7. The van der Waals surface area contributed by atoms with Crippen LogP contribution in [0.1, 0.15) is 57.5 Å². The summed E-state index contributed by atoms with van der Waals surface area (Å²) in [5.41, 5.74) is 10.3. The molecule has 1 aliphatic heterocycles. The van der Waals surface area contributed by atoms with Gasteiger partial charge in [-0.3, -0.25) is 4.79 Å². The van der Waals surface area contributed by atoms with Crippen molar-refractivity contribution in [3.63, 3.8) is 0 Å². The fourth-order valence-electron chi connectivity index (χ4n) is 4.00. The molecular weight excluding hydrogens is 437 g/mol. The highest BCUT2D eigenvalue weighted by Crippen LogP contribution is 2.36. The molecule has 0 bridgehead atoms. The Morgan fingerprint density at radius 2 is 1.57 bits per heavy atom. The van der Waals surface area contributed by atoms with Gasteiger partial charge in [0.15, 0.2) is 0 Å². The minimum atomic E-state index is -0.416. The van der Waals surface area contributed by atoms with E-state index in [0.29, 0.717) is 17.2 Å². The molecule has 0 aliphatic carbocycles. The fourth-order valence-corrected chi connectivity index (χ4v) is 4.00. The number of pyridine rings is 1. The number of aromatic nitrogens is 1. The van der Waals surface area contributed by atoms with Crippen LogP contribution >= 0.6 is 0 Å². The Bertz CT molecular complexity index is 1190. The van der Waals surface area contributed by atoms with Crippen molar-refractivity contribution in [2.75, 3.05) is 11.1 Å². The van der Waals surface area contributed by atoms with Crippen LogP contribution in [0.25, 0.3) is 11.1 Å². The van der Waals surface area contributed by atoms with Crippen LogP contribution in [-0.4, -0.2) is 29.2 Å². The number of benzene rings is 2. The molecule has 0 spiro atoms. The van der Waals surface area contributed by atoms with E-state index in [1.54, 1.807) is 6.20 Å². The first-order valence-corrected chi connectivity index (χ1v) is 12.1. The Morgan fingerprint density at radius 3 is 2.14 bits per heavy atom. The third kappa shape index (κ3) is 5.41. The number of nitrogens with zero attached hydrogens (tertiary/aromatic N) is 1. The van der Waals surface area contributed by atoms with E-state index in [-0.39, 0.29) is 22.9 Å². The number of nitrogen functional groups attached to an aromatic ring is 1. The minimum absolute atomic E-state index is 0.220. The normalized spacial score (nSPS) is 16.5. The van der Waals surface area contributed by atoms with E-state index >= 15 is 0 Å². The van der Waals surface area contributed by atoms with Gasteiger partial charge in [-0.15, -0.1) is 0 Å². The molecule has 4 rings (SSSR count). The van der Waals surface area contributed by atoms with Gasteiger partial charge in [0, 0.05) is 17.3 Å². The number of nitrogens with two attached hydrogens (primary N) is 1. The Kier molecular flexibility index (Phi) is 6.76. The molecule has 6 nitrogen and oxygen atoms in total. The predicted octanol–water partition coefficient (Wildman–Crippen LogP) is 5.08. The van der Waals surface area contributed by atoms with Gasteiger partial charge >= 0.3 is 7.12 Å². The zero-order valence-corrected chi connectivity index (χ0v) is 21.4. The summed E-state index contributed by atoms with van der Waals surface area (Å²) >= 11 is 0. The monoisotopic (exact) mass is 471 g/mol. The van der Waals surface area contributed by atoms with E-state index in [1.165, 1.54) is 5.56 Å². The van der Waals surface area contributed by atoms with E-state index in [9.17, 15) is 4.79 Å². The van der Waals surface area contributed by atoms with Crippen molar-refractivity contribution in [2.24, 2.45) is 5.92 Å². The average Bonchev–Trinajstić information content (AvgIpc) is 3.02. The highest BCUT2D eigenvalue weighted by molar-refractivity contribution is 6.62. The van der Waals surface area contributed by atoms with Crippen molar-refractivity contribution in [1.29, 1.82) is 0 Å². The van der Waals surface area contributed by atoms with Crippen molar-refractivity contribution >= 4 is 30.0 Å². The minimum Gasteiger partial charge on any atom is -0.399 e. The first-order valence-electron chi connectivity index (χ1n) is 12.1. The molecule has 3 aromatic rings. The summed E-state index contributed by atoms with van der Waals surface area (Å²) in [5, 5.41) is 2.90. The lowest BCUT2D eigenvalue weighted by molar-refractivity contribution is 0.00578. The molecule has 7 heteroatoms. The van der Waals surface area contributed by atoms with Crippen LogP contribution in [0.15, 0.2) is 60.8 Å². The summed E-state index contributed by atoms with van der Waals surface area (Å²) in [7, 11) is -0.416. The molecule has 0 unspecified atom stereocenters. The number of carbonyl (C=O) groups excluding carboxylic acids is 1. The van der Waals surface area contributed by atoms with E-state index in [1.807, 2.05) is 82.3 Å². The number of anilines is 2. The summed E-state index contributed by atoms with van der Waals surface area (Å²) in [6.07, 6.45) is 2.68. The number of hydrogen-bond acceptors (Lipinski definition) is 5. The Balaban J connectivity index is 1.49. The molecule has 3 N–H and O–H groups in total. The van der Waals surface area contributed by atoms with Crippen LogP contribution in [0.3, 0.4) is 0 Å². The van der Waals surface area contributed by atoms with Crippen molar-refractivity contribution in [3.05, 3.63) is 71.9 Å². The quantitative estimate of drug-likeness (QED) is 0.490. The van der Waals surface area contributed by atoms with Gasteiger partial charge in [0.05, 0.1) is 16.9 Å². The number of hydrogen-bond donors (Lipinski definition) is 2. The molecule has 1 saturated heterocycles. The SMILES string of the molecule is CC(C)Cc1ccc(C(=O)Nc2cc(-c3ccc(B4OC(C)(C)C(C)(C)O4)cc3)cnc2N)cc1. The van der Waals surface area contributed by atoms with Gasteiger partial charge in [0.2, 0.25) is 0 Å². The molecule has 1 aromatic heterocycles. The standard InChI is InChI=1S/C28H34BN3O3/c1-18(2)15-19-7-9-21(10-8-19)26(33)32-24-16-22(17-31-25(24)30)20-11-13-23(14-12-20)29-34-27(3,4)28(5,6)35-29/h7-14,16-18H,15H2,1-6H3,(H2,30,31)(H,32,33). The van der Waals surface area contributed by atoms with Crippen LogP contribution < -0.4 is 16.5 Å². The molecule has 0 atom stereocenters. The van der Waals surface area contributed by atoms with E-state index in [0.717, 1.165) is 23.0 Å². The molecule has 1 amide bonds. The predicted molar refractivity (Wildman–Crippen MR) is 143 cm³/mol. The molecule has 35 heavy (non-hydrogen) atoms. The molecule has 182 valence electrons. The topological polar surface area (TPSA) is 86.5 Å². The van der Waals surface area contributed by atoms with Crippen LogP contribution in [0.5, 0.6) is 0 Å². The Labute approximate surface area is 208 Å². The molecule has 1 aliphatic rings. The summed E-state index contributed by atoms with van der Waals surface area (Å²) in [5.74, 6) is 0.615. The molecule has 1 fully saturated rings. The second-order valence-electron chi connectivity index (χ2n) is 10.6. The van der Waals surface area contributed by atoms with Gasteiger partial charge in [-0.1, -0.05) is 50.2 Å². The molecular formula is C28H34BN3O3. The maximum Gasteiger partial charge on any atom is 0.494 e. The van der Waals surface area contributed by atoms with Gasteiger partial charge in [-0.25, -0.2) is 4.98 Å². The summed E-state index contributed by atoms with van der Waals surface area (Å²) in [6.45, 7) is 12.5. The summed E-state index contributed by atoms with van der Waals surface area (Å²) in [4.78, 5) is 17.1. The van der Waals surface area contributed by atoms with Gasteiger partial charge in [0.25, 0.3) is 5.91 Å². The lowest BCUT2D eigenvalue weighted by Gasteiger charge is -2.32. The molecule has 2 aromatic carbocycles. The fraction of sp³-hybridized carbons (Fsp3) is 0.357. The van der Waals surface area contributed by atoms with Gasteiger partial charge in [-0.05, 0) is 74.8 Å². The lowest BCUT2D eigenvalue weighted by atomic mass is 9.78. The number of nitrogens with one attached hydrogen (secondary N) is 1. The zero-order chi connectivity index (χ0) is 25.4. The lowest BCUT2D eigenvalue weighted by Crippen LogP contribution is -2.41. The molecule has 0 radical (unpaired) electrons. The second kappa shape index (κ2) is 9.48. The van der Waals surface area contributed by atoms with E-state index in [2.05, 4.69) is 24.1 Å². The molecule has 0 saturated carbocycles. The van der Waals surface area contributed by atoms with Crippen molar-refractivity contribution in [1.82, 2.24) is 4.98 Å². The van der Waals surface area contributed by atoms with Crippen molar-refractivity contribution in [2.45, 2.75) is 59.2 Å². The van der Waals surface area contributed by atoms with Crippen molar-refractivity contribution < 1.29 is 14.1 Å². The summed E-state index contributed by atoms with van der Waals surface area (Å²) < 4.78 is 12.3. The smallest absolute Gasteiger partial charge is 0.399 e. The highest BCUT2D eigenvalue weighted by Gasteiger charge is 2.51. The zero-order valence-electron chi connectivity index (χ0n) is 21.4. The van der Waals surface area contributed by atoms with Gasteiger partial charge in [0.1, 0.15) is 5.82 Å². The largest absolute Gasteiger partial charge is 0.494 e. The van der Waals surface area contributed by atoms with Crippen molar-refractivity contribution in [3.8, 4) is 11.1 Å². The van der Waals surface area contributed by atoms with Crippen LogP contribution in [0.2, 0.25) is 0 Å². The van der Waals surface area contributed by atoms with Crippen LogP contribution in [-0.2, 0) is 15.7 Å². The number of rotatable bonds is 6. The summed E-state index contributed by atoms with van der Waals surface area (Å²) in [6, 6.07) is 17.5. The Morgan fingerprint density at radius 1 is 0.971 bits per heavy atom. The maximum absolute atomic E-state index is 12.8. The van der Waals surface area contributed by atoms with E-state index < -0.39 is 7.12 Å². The average molecular weight is 471 g/mol. The van der Waals surface area contributed by atoms with Gasteiger partial charge in [-0.2, -0.15) is 0 Å². The first-order chi connectivity index (χ1) is 16.4. The first kappa shape index (κ1) is 25.0. The third-order valence-corrected chi connectivity index (χ3v) is 6.80. The number of amides is 1. The van der Waals surface area contributed by atoms with Crippen LogP contribution in [0.4, 0.5) is 11.5 Å². The molecule has 2 heterocycles. The van der Waals surface area contributed by atoms with Crippen LogP contribution in [0, 0.1) is 5.92 Å². The van der Waals surface area contributed by atoms with Gasteiger partial charge < -0.3 is 20.4 Å². The Hall–Kier alpha value is -3.16. The number of carbonyl (C=O) groups is 1. The van der Waals surface area contributed by atoms with E-state index in [4.69, 9.17) is 15.0 Å².